The number of nitrogens with two attached hydrogens (primary N) is 1. The van der Waals surface area contributed by atoms with Crippen LogP contribution in [0, 0.1) is 5.41 Å². The quantitative estimate of drug-likeness (QED) is 0.193. The van der Waals surface area contributed by atoms with Crippen LogP contribution in [0.1, 0.15) is 12.8 Å². The van der Waals surface area contributed by atoms with E-state index < -0.39 is 0 Å². The summed E-state index contributed by atoms with van der Waals surface area (Å²) >= 11 is 0. The smallest absolute Gasteiger partial charge is 0.260 e. The number of amidine groups is 2. The molecule has 4 aromatic rings. The number of aromatic nitrogens is 4. The SMILES string of the molecule is N=C1C=C(N)C(=Nc2c(OCCCN3CCOCC3)nn3ccccc23)NC1=Nc1c(OCCCN2CCOCC2)nn2ccccc12. The van der Waals surface area contributed by atoms with Crippen molar-refractivity contribution in [3.05, 3.63) is 60.6 Å². The molecule has 0 aliphatic carbocycles. The van der Waals surface area contributed by atoms with Crippen LogP contribution in [0.25, 0.3) is 11.0 Å². The molecule has 0 radical (unpaired) electrons. The first-order valence-corrected chi connectivity index (χ1v) is 16.4. The lowest BCUT2D eigenvalue weighted by Gasteiger charge is -2.26. The fourth-order valence-electron chi connectivity index (χ4n) is 5.84. The maximum Gasteiger partial charge on any atom is 0.260 e. The van der Waals surface area contributed by atoms with Gasteiger partial charge in [-0.3, -0.25) is 15.2 Å². The molecule has 0 atom stereocenters. The predicted octanol–water partition coefficient (Wildman–Crippen LogP) is 2.41. The Hall–Kier alpha value is -4.83. The van der Waals surface area contributed by atoms with Gasteiger partial charge < -0.3 is 30.0 Å². The first-order chi connectivity index (χ1) is 23.6. The van der Waals surface area contributed by atoms with E-state index in [-0.39, 0.29) is 11.5 Å². The molecular formula is C33H41N11O4. The number of nitrogens with one attached hydrogen (secondary N) is 2. The van der Waals surface area contributed by atoms with Crippen molar-refractivity contribution < 1.29 is 18.9 Å². The topological polar surface area (TPSA) is 165 Å². The molecule has 4 N–H and O–H groups in total. The predicted molar refractivity (Wildman–Crippen MR) is 182 cm³/mol. The van der Waals surface area contributed by atoms with Crippen molar-refractivity contribution in [3.8, 4) is 11.8 Å². The van der Waals surface area contributed by atoms with E-state index in [9.17, 15) is 0 Å². The van der Waals surface area contributed by atoms with Gasteiger partial charge in [0.15, 0.2) is 23.0 Å². The summed E-state index contributed by atoms with van der Waals surface area (Å²) in [6.07, 6.45) is 6.92. The molecular weight excluding hydrogens is 614 g/mol. The Kier molecular flexibility index (Phi) is 9.88. The summed E-state index contributed by atoms with van der Waals surface area (Å²) in [5.41, 5.74) is 9.39. The van der Waals surface area contributed by atoms with Gasteiger partial charge in [0.1, 0.15) is 0 Å². The van der Waals surface area contributed by atoms with Crippen LogP contribution in [0.2, 0.25) is 0 Å². The maximum absolute atomic E-state index is 8.71. The number of ether oxygens (including phenoxy) is 4. The molecule has 48 heavy (non-hydrogen) atoms. The summed E-state index contributed by atoms with van der Waals surface area (Å²) in [7, 11) is 0. The Balaban J connectivity index is 1.11. The molecule has 0 bridgehead atoms. The number of nitrogens with zero attached hydrogens (tertiary/aromatic N) is 8. The van der Waals surface area contributed by atoms with Crippen LogP contribution < -0.4 is 20.5 Å². The molecule has 7 heterocycles. The molecule has 0 aromatic carbocycles. The van der Waals surface area contributed by atoms with E-state index in [1.807, 2.05) is 48.8 Å². The normalized spacial score (nSPS) is 19.7. The molecule has 0 spiro atoms. The van der Waals surface area contributed by atoms with E-state index >= 15 is 0 Å². The summed E-state index contributed by atoms with van der Waals surface area (Å²) in [6, 6.07) is 11.5. The highest BCUT2D eigenvalue weighted by Crippen LogP contribution is 2.34. The second-order valence-electron chi connectivity index (χ2n) is 11.7. The van der Waals surface area contributed by atoms with Gasteiger partial charge in [-0.15, -0.1) is 10.2 Å². The third-order valence-corrected chi connectivity index (χ3v) is 8.40. The van der Waals surface area contributed by atoms with Crippen LogP contribution in [-0.2, 0) is 9.47 Å². The summed E-state index contributed by atoms with van der Waals surface area (Å²) in [6.45, 7) is 9.58. The van der Waals surface area contributed by atoms with E-state index in [4.69, 9.17) is 40.1 Å². The van der Waals surface area contributed by atoms with E-state index in [2.05, 4.69) is 25.3 Å². The van der Waals surface area contributed by atoms with Crippen molar-refractivity contribution in [3.63, 3.8) is 0 Å². The zero-order valence-corrected chi connectivity index (χ0v) is 26.9. The summed E-state index contributed by atoms with van der Waals surface area (Å²) in [5.74, 6) is 1.40. The number of hydrogen-bond donors (Lipinski definition) is 3. The molecule has 15 heteroatoms. The number of hydrogen-bond acceptors (Lipinski definition) is 12. The van der Waals surface area contributed by atoms with Crippen molar-refractivity contribution >= 4 is 39.8 Å². The van der Waals surface area contributed by atoms with Gasteiger partial charge in [0.2, 0.25) is 0 Å². The van der Waals surface area contributed by atoms with Gasteiger partial charge in [0.25, 0.3) is 11.8 Å². The molecule has 3 aliphatic rings. The maximum atomic E-state index is 8.71. The highest BCUT2D eigenvalue weighted by Gasteiger charge is 2.23. The third-order valence-electron chi connectivity index (χ3n) is 8.40. The Morgan fingerprint density at radius 3 is 1.77 bits per heavy atom. The second-order valence-corrected chi connectivity index (χ2v) is 11.7. The minimum absolute atomic E-state index is 0.111. The molecule has 7 rings (SSSR count). The Labute approximate surface area is 278 Å². The van der Waals surface area contributed by atoms with Gasteiger partial charge in [-0.1, -0.05) is 12.1 Å². The van der Waals surface area contributed by atoms with E-state index in [0.29, 0.717) is 47.9 Å². The average Bonchev–Trinajstić information content (AvgIpc) is 3.65. The van der Waals surface area contributed by atoms with Crippen LogP contribution in [0.15, 0.2) is 70.5 Å². The monoisotopic (exact) mass is 655 g/mol. The van der Waals surface area contributed by atoms with E-state index in [1.165, 1.54) is 6.08 Å². The Bertz CT molecular complexity index is 1830. The summed E-state index contributed by atoms with van der Waals surface area (Å²) < 4.78 is 26.7. The molecule has 2 saturated heterocycles. The van der Waals surface area contributed by atoms with Crippen molar-refractivity contribution in [2.24, 2.45) is 15.7 Å². The first-order valence-electron chi connectivity index (χ1n) is 16.4. The molecule has 252 valence electrons. The number of morpholine rings is 2. The van der Waals surface area contributed by atoms with Gasteiger partial charge in [-0.25, -0.2) is 19.0 Å². The lowest BCUT2D eigenvalue weighted by Crippen LogP contribution is -2.42. The standard InChI is InChI=1S/C33H41N11O4/c34-24-23-25(35)31(37-29-27-8-2-4-12-44(27)40-33(29)48-18-6-10-42-15-21-46-22-16-42)38-30(24)36-28-26-7-1-3-11-43(26)39-32(28)47-17-5-9-41-13-19-45-20-14-41/h1-4,7-8,11-12,23,34H,5-6,9-10,13-22,35H2,(H,36,37,38). The lowest BCUT2D eigenvalue weighted by molar-refractivity contribution is 0.0357. The van der Waals surface area contributed by atoms with Crippen LogP contribution in [-0.4, -0.2) is 125 Å². The second kappa shape index (κ2) is 14.9. The molecule has 15 nitrogen and oxygen atoms in total. The zero-order valence-electron chi connectivity index (χ0n) is 26.9. The number of fused-ring (bicyclic) bond motifs is 2. The Morgan fingerprint density at radius 1 is 0.750 bits per heavy atom. The fourth-order valence-corrected chi connectivity index (χ4v) is 5.84. The zero-order chi connectivity index (χ0) is 32.7. The lowest BCUT2D eigenvalue weighted by atomic mass is 10.2. The van der Waals surface area contributed by atoms with Crippen molar-refractivity contribution in [2.75, 3.05) is 78.9 Å². The molecule has 0 unspecified atom stereocenters. The fraction of sp³-hybridized carbons (Fsp3) is 0.424. The van der Waals surface area contributed by atoms with Crippen LogP contribution >= 0.6 is 0 Å². The molecule has 2 fully saturated rings. The van der Waals surface area contributed by atoms with Gasteiger partial charge in [0.05, 0.1) is 62.1 Å². The Morgan fingerprint density at radius 2 is 1.25 bits per heavy atom. The molecule has 0 saturated carbocycles. The van der Waals surface area contributed by atoms with Crippen LogP contribution in [0.5, 0.6) is 11.8 Å². The average molecular weight is 656 g/mol. The van der Waals surface area contributed by atoms with Gasteiger partial charge in [-0.2, -0.15) is 0 Å². The number of pyridine rings is 2. The molecule has 3 aliphatic heterocycles. The van der Waals surface area contributed by atoms with Crippen molar-refractivity contribution in [1.29, 1.82) is 5.41 Å². The molecule has 0 amide bonds. The third kappa shape index (κ3) is 7.33. The largest absolute Gasteiger partial charge is 0.475 e. The highest BCUT2D eigenvalue weighted by molar-refractivity contribution is 6.50. The van der Waals surface area contributed by atoms with Crippen molar-refractivity contribution in [1.82, 2.24) is 34.3 Å². The van der Waals surface area contributed by atoms with E-state index in [0.717, 1.165) is 89.6 Å². The number of aliphatic imine (C=N–C) groups is 2. The van der Waals surface area contributed by atoms with Gasteiger partial charge >= 0.3 is 0 Å². The molecule has 4 aromatic heterocycles. The number of rotatable bonds is 12. The summed E-state index contributed by atoms with van der Waals surface area (Å²) in [4.78, 5) is 14.5. The van der Waals surface area contributed by atoms with Crippen molar-refractivity contribution in [2.45, 2.75) is 12.8 Å². The van der Waals surface area contributed by atoms with Gasteiger partial charge in [0, 0.05) is 51.7 Å². The van der Waals surface area contributed by atoms with Gasteiger partial charge in [-0.05, 0) is 43.2 Å². The minimum atomic E-state index is 0.111. The highest BCUT2D eigenvalue weighted by atomic mass is 16.5. The van der Waals surface area contributed by atoms with Crippen LogP contribution in [0.3, 0.4) is 0 Å². The first kappa shape index (κ1) is 31.8. The summed E-state index contributed by atoms with van der Waals surface area (Å²) in [5, 5.41) is 21.2. The van der Waals surface area contributed by atoms with Crippen LogP contribution in [0.4, 0.5) is 11.4 Å². The van der Waals surface area contributed by atoms with E-state index in [1.54, 1.807) is 9.03 Å². The minimum Gasteiger partial charge on any atom is -0.475 e.